The van der Waals surface area contributed by atoms with Crippen LogP contribution in [0.4, 0.5) is 10.1 Å². The Bertz CT molecular complexity index is 927. The zero-order valence-corrected chi connectivity index (χ0v) is 15.6. The van der Waals surface area contributed by atoms with Gasteiger partial charge in [-0.1, -0.05) is 12.1 Å². The summed E-state index contributed by atoms with van der Waals surface area (Å²) in [4.78, 5) is 36.8. The van der Waals surface area contributed by atoms with E-state index in [1.807, 2.05) is 6.07 Å². The fourth-order valence-electron chi connectivity index (χ4n) is 3.13. The molecule has 1 atom stereocenters. The number of carbonyl (C=O) groups excluding carboxylic acids is 3. The van der Waals surface area contributed by atoms with Crippen LogP contribution >= 0.6 is 0 Å². The van der Waals surface area contributed by atoms with Crippen molar-refractivity contribution in [1.29, 1.82) is 0 Å². The maximum atomic E-state index is 13.9. The molecule has 0 radical (unpaired) electrons. The molecule has 1 amide bonds. The number of halogens is 1. The van der Waals surface area contributed by atoms with Crippen LogP contribution in [0, 0.1) is 11.7 Å². The zero-order valence-electron chi connectivity index (χ0n) is 15.6. The van der Waals surface area contributed by atoms with Crippen molar-refractivity contribution < 1.29 is 28.2 Å². The maximum absolute atomic E-state index is 13.9. The summed E-state index contributed by atoms with van der Waals surface area (Å²) in [6, 6.07) is 11.3. The number of carbonyl (C=O) groups is 3. The van der Waals surface area contributed by atoms with Gasteiger partial charge in [0, 0.05) is 24.7 Å². The molecule has 1 saturated heterocycles. The number of ketones is 1. The average Bonchev–Trinajstić information content (AvgIpc) is 3.07. The smallest absolute Gasteiger partial charge is 0.311 e. The molecule has 2 aromatic rings. The van der Waals surface area contributed by atoms with Gasteiger partial charge < -0.3 is 14.4 Å². The first-order valence-corrected chi connectivity index (χ1v) is 8.79. The summed E-state index contributed by atoms with van der Waals surface area (Å²) in [7, 11) is 1.30. The number of ether oxygens (including phenoxy) is 2. The summed E-state index contributed by atoms with van der Waals surface area (Å²) < 4.78 is 24.2. The van der Waals surface area contributed by atoms with Gasteiger partial charge in [0.2, 0.25) is 5.91 Å². The Balaban J connectivity index is 1.69. The standard InChI is InChI=1S/C21H20FNO5/c1-13(24)18-7-6-17(10-19(18)22)28-12-14-4-3-5-16(8-14)23-11-15(9-20(23)25)21(26)27-2/h3-8,10,15H,9,11-12H2,1-2H3/t15-/m0/s1. The molecular formula is C21H20FNO5. The Morgan fingerprint density at radius 2 is 2.00 bits per heavy atom. The maximum Gasteiger partial charge on any atom is 0.311 e. The van der Waals surface area contributed by atoms with Crippen LogP contribution in [0.25, 0.3) is 0 Å². The van der Waals surface area contributed by atoms with Crippen molar-refractivity contribution in [3.8, 4) is 5.75 Å². The van der Waals surface area contributed by atoms with Crippen LogP contribution in [0.1, 0.15) is 29.3 Å². The van der Waals surface area contributed by atoms with Gasteiger partial charge >= 0.3 is 5.97 Å². The fourth-order valence-corrected chi connectivity index (χ4v) is 3.13. The lowest BCUT2D eigenvalue weighted by molar-refractivity contribution is -0.145. The molecule has 0 N–H and O–H groups in total. The number of hydrogen-bond donors (Lipinski definition) is 0. The molecule has 1 aliphatic rings. The molecular weight excluding hydrogens is 365 g/mol. The number of benzene rings is 2. The molecule has 1 aliphatic heterocycles. The van der Waals surface area contributed by atoms with E-state index < -0.39 is 17.7 Å². The summed E-state index contributed by atoms with van der Waals surface area (Å²) in [6.45, 7) is 1.73. The first-order chi connectivity index (χ1) is 13.4. The van der Waals surface area contributed by atoms with Gasteiger partial charge in [0.1, 0.15) is 18.2 Å². The van der Waals surface area contributed by atoms with Crippen molar-refractivity contribution in [2.75, 3.05) is 18.6 Å². The van der Waals surface area contributed by atoms with E-state index in [9.17, 15) is 18.8 Å². The monoisotopic (exact) mass is 385 g/mol. The van der Waals surface area contributed by atoms with Crippen LogP contribution in [0.15, 0.2) is 42.5 Å². The second kappa shape index (κ2) is 8.21. The number of methoxy groups -OCH3 is 1. The number of anilines is 1. The molecule has 146 valence electrons. The molecule has 7 heteroatoms. The number of nitrogens with zero attached hydrogens (tertiary/aromatic N) is 1. The minimum atomic E-state index is -0.629. The van der Waals surface area contributed by atoms with Gasteiger partial charge in [-0.3, -0.25) is 14.4 Å². The minimum absolute atomic E-state index is 0.0158. The van der Waals surface area contributed by atoms with Crippen molar-refractivity contribution in [2.45, 2.75) is 20.0 Å². The van der Waals surface area contributed by atoms with E-state index in [0.29, 0.717) is 11.4 Å². The van der Waals surface area contributed by atoms with Crippen molar-refractivity contribution in [3.63, 3.8) is 0 Å². The van der Waals surface area contributed by atoms with Gasteiger partial charge in [0.25, 0.3) is 0 Å². The van der Waals surface area contributed by atoms with Gasteiger partial charge in [0.15, 0.2) is 5.78 Å². The van der Waals surface area contributed by atoms with Crippen LogP contribution in [0.3, 0.4) is 0 Å². The SMILES string of the molecule is COC(=O)[C@H]1CC(=O)N(c2cccc(COc3ccc(C(C)=O)c(F)c3)c2)C1. The van der Waals surface area contributed by atoms with Crippen LogP contribution in [0.5, 0.6) is 5.75 Å². The molecule has 3 rings (SSSR count). The Kier molecular flexibility index (Phi) is 5.73. The lowest BCUT2D eigenvalue weighted by atomic mass is 10.1. The third-order valence-electron chi connectivity index (χ3n) is 4.61. The second-order valence-electron chi connectivity index (χ2n) is 6.58. The highest BCUT2D eigenvalue weighted by Crippen LogP contribution is 2.27. The Morgan fingerprint density at radius 1 is 1.21 bits per heavy atom. The van der Waals surface area contributed by atoms with Crippen molar-refractivity contribution in [1.82, 2.24) is 0 Å². The Labute approximate surface area is 161 Å². The highest BCUT2D eigenvalue weighted by atomic mass is 19.1. The first kappa shape index (κ1) is 19.5. The van der Waals surface area contributed by atoms with Gasteiger partial charge in [-0.25, -0.2) is 4.39 Å². The molecule has 2 aromatic carbocycles. The quantitative estimate of drug-likeness (QED) is 0.564. The summed E-state index contributed by atoms with van der Waals surface area (Å²) >= 11 is 0. The summed E-state index contributed by atoms with van der Waals surface area (Å²) in [5.41, 5.74) is 1.46. The van der Waals surface area contributed by atoms with Gasteiger partial charge in [-0.15, -0.1) is 0 Å². The van der Waals surface area contributed by atoms with E-state index >= 15 is 0 Å². The van der Waals surface area contributed by atoms with Crippen molar-refractivity contribution in [2.24, 2.45) is 5.92 Å². The van der Waals surface area contributed by atoms with Crippen LogP contribution < -0.4 is 9.64 Å². The number of rotatable bonds is 6. The lowest BCUT2D eigenvalue weighted by Gasteiger charge is -2.17. The molecule has 0 saturated carbocycles. The highest BCUT2D eigenvalue weighted by Gasteiger charge is 2.35. The van der Waals surface area contributed by atoms with E-state index in [2.05, 4.69) is 0 Å². The topological polar surface area (TPSA) is 72.9 Å². The zero-order chi connectivity index (χ0) is 20.3. The number of esters is 1. The Morgan fingerprint density at radius 3 is 2.68 bits per heavy atom. The lowest BCUT2D eigenvalue weighted by Crippen LogP contribution is -2.26. The Hall–Kier alpha value is -3.22. The van der Waals surface area contributed by atoms with Gasteiger partial charge in [-0.05, 0) is 36.8 Å². The van der Waals surface area contributed by atoms with E-state index in [1.165, 1.54) is 32.2 Å². The normalized spacial score (nSPS) is 16.2. The highest BCUT2D eigenvalue weighted by molar-refractivity contribution is 5.99. The molecule has 28 heavy (non-hydrogen) atoms. The van der Waals surface area contributed by atoms with Gasteiger partial charge in [0.05, 0.1) is 18.6 Å². The van der Waals surface area contributed by atoms with Crippen molar-refractivity contribution in [3.05, 3.63) is 59.4 Å². The minimum Gasteiger partial charge on any atom is -0.489 e. The molecule has 1 heterocycles. The predicted octanol–water partition coefficient (Wildman–Crippen LogP) is 3.13. The first-order valence-electron chi connectivity index (χ1n) is 8.79. The number of amides is 1. The van der Waals surface area contributed by atoms with Gasteiger partial charge in [-0.2, -0.15) is 0 Å². The number of Topliss-reactive ketones (excluding diaryl/α,β-unsaturated/α-hetero) is 1. The van der Waals surface area contributed by atoms with E-state index in [1.54, 1.807) is 23.1 Å². The molecule has 0 aliphatic carbocycles. The fraction of sp³-hybridized carbons (Fsp3) is 0.286. The second-order valence-corrected chi connectivity index (χ2v) is 6.58. The average molecular weight is 385 g/mol. The largest absolute Gasteiger partial charge is 0.489 e. The van der Waals surface area contributed by atoms with Crippen LogP contribution in [-0.2, 0) is 20.9 Å². The van der Waals surface area contributed by atoms with E-state index in [4.69, 9.17) is 9.47 Å². The molecule has 6 nitrogen and oxygen atoms in total. The predicted molar refractivity (Wildman–Crippen MR) is 99.7 cm³/mol. The molecule has 0 spiro atoms. The third-order valence-corrected chi connectivity index (χ3v) is 4.61. The van der Waals surface area contributed by atoms with E-state index in [-0.39, 0.29) is 36.8 Å². The molecule has 0 unspecified atom stereocenters. The summed E-state index contributed by atoms with van der Waals surface area (Å²) in [6.07, 6.45) is 0.120. The summed E-state index contributed by atoms with van der Waals surface area (Å²) in [5, 5.41) is 0. The van der Waals surface area contributed by atoms with Crippen LogP contribution in [0.2, 0.25) is 0 Å². The number of hydrogen-bond acceptors (Lipinski definition) is 5. The molecule has 0 bridgehead atoms. The van der Waals surface area contributed by atoms with Crippen LogP contribution in [-0.4, -0.2) is 31.3 Å². The molecule has 0 aromatic heterocycles. The van der Waals surface area contributed by atoms with Crippen molar-refractivity contribution >= 4 is 23.3 Å². The molecule has 1 fully saturated rings. The third kappa shape index (κ3) is 4.19. The summed E-state index contributed by atoms with van der Waals surface area (Å²) in [5.74, 6) is -1.69. The van der Waals surface area contributed by atoms with E-state index in [0.717, 1.165) is 5.56 Å².